The molecule has 0 radical (unpaired) electrons. The standard InChI is InChI=1S/C58H43N3/c1-58(2)50-22-11-12-24-52(50)61-53-28-27-48-46(45-19-9-10-20-47(45)54(48)55(53)49-21-13-23-51(58)56(49)61)26-25-37-31-40(36-44(32-37)57-59-29-14-30-60-57)43-34-41(38-15-5-3-6-16-38)33-42(35-43)39-17-7-4-8-18-39/h3-24,27-36,46H,25-26H2,1-2H3. The number of hydrogen-bond donors (Lipinski definition) is 0. The highest BCUT2D eigenvalue weighted by Gasteiger charge is 2.37. The molecule has 1 aliphatic heterocycles. The molecule has 3 heterocycles. The Bertz CT molecular complexity index is 3270. The second-order valence-electron chi connectivity index (χ2n) is 17.3. The van der Waals surface area contributed by atoms with Crippen LogP contribution < -0.4 is 0 Å². The third-order valence-electron chi connectivity index (χ3n) is 13.5. The van der Waals surface area contributed by atoms with Gasteiger partial charge in [0.05, 0.1) is 16.7 Å². The SMILES string of the molecule is CC1(C)c2ccccc2-n2c3ccc4c(c3c3cccc1c32)-c1ccccc1C4CCc1cc(-c2cc(-c3ccccc3)cc(-c3ccccc3)c2)cc(-c2ncccn2)c1. The van der Waals surface area contributed by atoms with E-state index in [1.54, 1.807) is 0 Å². The number of fused-ring (bicyclic) bond motifs is 9. The van der Waals surface area contributed by atoms with E-state index in [0.29, 0.717) is 0 Å². The topological polar surface area (TPSA) is 30.7 Å². The second-order valence-corrected chi connectivity index (χ2v) is 17.3. The van der Waals surface area contributed by atoms with Gasteiger partial charge in [0.2, 0.25) is 0 Å². The molecule has 61 heavy (non-hydrogen) atoms. The zero-order valence-electron chi connectivity index (χ0n) is 34.3. The molecule has 1 atom stereocenters. The molecule has 10 aromatic rings. The summed E-state index contributed by atoms with van der Waals surface area (Å²) in [7, 11) is 0. The van der Waals surface area contributed by atoms with Crippen LogP contribution in [0.4, 0.5) is 0 Å². The third kappa shape index (κ3) is 5.64. The molecule has 0 fully saturated rings. The lowest BCUT2D eigenvalue weighted by molar-refractivity contribution is 0.630. The van der Waals surface area contributed by atoms with Gasteiger partial charge >= 0.3 is 0 Å². The zero-order valence-corrected chi connectivity index (χ0v) is 34.3. The van der Waals surface area contributed by atoms with Crippen LogP contribution in [0.3, 0.4) is 0 Å². The Hall–Kier alpha value is -7.36. The predicted molar refractivity (Wildman–Crippen MR) is 252 cm³/mol. The van der Waals surface area contributed by atoms with E-state index in [2.05, 4.69) is 194 Å². The van der Waals surface area contributed by atoms with Gasteiger partial charge in [-0.05, 0) is 134 Å². The van der Waals surface area contributed by atoms with Gasteiger partial charge in [-0.2, -0.15) is 0 Å². The molecule has 0 saturated heterocycles. The summed E-state index contributed by atoms with van der Waals surface area (Å²) in [6, 6.07) is 67.2. The largest absolute Gasteiger partial charge is 0.309 e. The van der Waals surface area contributed by atoms with Crippen LogP contribution in [0.5, 0.6) is 0 Å². The van der Waals surface area contributed by atoms with E-state index in [-0.39, 0.29) is 11.3 Å². The van der Waals surface area contributed by atoms with Gasteiger partial charge in [0, 0.05) is 40.1 Å². The second kappa shape index (κ2) is 13.9. The van der Waals surface area contributed by atoms with Crippen molar-refractivity contribution in [3.8, 4) is 61.6 Å². The Morgan fingerprint density at radius 3 is 1.87 bits per heavy atom. The lowest BCUT2D eigenvalue weighted by Gasteiger charge is -2.34. The van der Waals surface area contributed by atoms with Crippen molar-refractivity contribution in [2.45, 2.75) is 38.0 Å². The van der Waals surface area contributed by atoms with Gasteiger partial charge in [-0.3, -0.25) is 0 Å². The Morgan fingerprint density at radius 2 is 1.11 bits per heavy atom. The third-order valence-corrected chi connectivity index (χ3v) is 13.5. The van der Waals surface area contributed by atoms with Crippen LogP contribution in [-0.2, 0) is 11.8 Å². The Labute approximate surface area is 356 Å². The molecule has 0 amide bonds. The minimum absolute atomic E-state index is 0.103. The van der Waals surface area contributed by atoms with Crippen molar-refractivity contribution in [3.05, 3.63) is 222 Å². The molecule has 3 nitrogen and oxygen atoms in total. The van der Waals surface area contributed by atoms with Crippen LogP contribution in [-0.4, -0.2) is 14.5 Å². The molecule has 8 aromatic carbocycles. The number of aryl methyl sites for hydroxylation is 1. The molecule has 290 valence electrons. The smallest absolute Gasteiger partial charge is 0.159 e. The summed E-state index contributed by atoms with van der Waals surface area (Å²) in [5.41, 5.74) is 21.6. The molecule has 3 heteroatoms. The first-order valence-electron chi connectivity index (χ1n) is 21.5. The van der Waals surface area contributed by atoms with E-state index < -0.39 is 0 Å². The maximum absolute atomic E-state index is 4.74. The average molecular weight is 782 g/mol. The van der Waals surface area contributed by atoms with E-state index in [4.69, 9.17) is 9.97 Å². The summed E-state index contributed by atoms with van der Waals surface area (Å²) < 4.78 is 2.55. The zero-order chi connectivity index (χ0) is 40.7. The molecule has 0 N–H and O–H groups in total. The maximum atomic E-state index is 4.74. The van der Waals surface area contributed by atoms with Crippen LogP contribution in [0.1, 0.15) is 54.0 Å². The molecule has 0 bridgehead atoms. The van der Waals surface area contributed by atoms with Crippen LogP contribution >= 0.6 is 0 Å². The van der Waals surface area contributed by atoms with Crippen molar-refractivity contribution < 1.29 is 0 Å². The number of para-hydroxylation sites is 2. The molecule has 0 saturated carbocycles. The Balaban J connectivity index is 0.992. The molecule has 2 aliphatic rings. The van der Waals surface area contributed by atoms with Crippen LogP contribution in [0, 0.1) is 0 Å². The van der Waals surface area contributed by atoms with Gasteiger partial charge < -0.3 is 4.57 Å². The fourth-order valence-corrected chi connectivity index (χ4v) is 10.6. The lowest BCUT2D eigenvalue weighted by Crippen LogP contribution is -2.26. The predicted octanol–water partition coefficient (Wildman–Crippen LogP) is 14.6. The van der Waals surface area contributed by atoms with Crippen molar-refractivity contribution >= 4 is 21.8 Å². The summed E-state index contributed by atoms with van der Waals surface area (Å²) in [6.07, 6.45) is 5.56. The summed E-state index contributed by atoms with van der Waals surface area (Å²) in [4.78, 5) is 9.47. The van der Waals surface area contributed by atoms with Gasteiger partial charge in [-0.1, -0.05) is 147 Å². The average Bonchev–Trinajstić information content (AvgIpc) is 3.83. The number of nitrogens with zero attached hydrogens (tertiary/aromatic N) is 3. The van der Waals surface area contributed by atoms with Crippen molar-refractivity contribution in [3.63, 3.8) is 0 Å². The fourth-order valence-electron chi connectivity index (χ4n) is 10.6. The summed E-state index contributed by atoms with van der Waals surface area (Å²) >= 11 is 0. The summed E-state index contributed by atoms with van der Waals surface area (Å²) in [5, 5.41) is 2.71. The highest BCUT2D eigenvalue weighted by Crippen LogP contribution is 2.54. The summed E-state index contributed by atoms with van der Waals surface area (Å²) in [5.74, 6) is 1.00. The molecular weight excluding hydrogens is 739 g/mol. The van der Waals surface area contributed by atoms with E-state index in [1.807, 2.05) is 18.5 Å². The number of rotatable bonds is 7. The number of hydrogen-bond acceptors (Lipinski definition) is 2. The lowest BCUT2D eigenvalue weighted by atomic mass is 9.75. The summed E-state index contributed by atoms with van der Waals surface area (Å²) in [6.45, 7) is 4.76. The van der Waals surface area contributed by atoms with E-state index in [1.165, 1.54) is 99.8 Å². The van der Waals surface area contributed by atoms with E-state index in [9.17, 15) is 0 Å². The minimum Gasteiger partial charge on any atom is -0.309 e. The monoisotopic (exact) mass is 781 g/mol. The first-order valence-corrected chi connectivity index (χ1v) is 21.5. The molecule has 2 aromatic heterocycles. The molecule has 1 unspecified atom stereocenters. The van der Waals surface area contributed by atoms with Crippen molar-refractivity contribution in [1.29, 1.82) is 0 Å². The highest BCUT2D eigenvalue weighted by atomic mass is 15.0. The Morgan fingerprint density at radius 1 is 0.508 bits per heavy atom. The Kier molecular flexibility index (Phi) is 8.08. The van der Waals surface area contributed by atoms with Crippen molar-refractivity contribution in [2.24, 2.45) is 0 Å². The van der Waals surface area contributed by atoms with Gasteiger partial charge in [-0.25, -0.2) is 9.97 Å². The molecule has 12 rings (SSSR count). The van der Waals surface area contributed by atoms with Gasteiger partial charge in [0.25, 0.3) is 0 Å². The molecular formula is C58H43N3. The van der Waals surface area contributed by atoms with Gasteiger partial charge in [0.1, 0.15) is 0 Å². The fraction of sp³-hybridized carbons (Fsp3) is 0.103. The van der Waals surface area contributed by atoms with E-state index >= 15 is 0 Å². The first-order chi connectivity index (χ1) is 30.0. The molecule has 1 aliphatic carbocycles. The minimum atomic E-state index is -0.103. The van der Waals surface area contributed by atoms with E-state index in [0.717, 1.165) is 24.2 Å². The van der Waals surface area contributed by atoms with Crippen molar-refractivity contribution in [1.82, 2.24) is 14.5 Å². The van der Waals surface area contributed by atoms with Gasteiger partial charge in [0.15, 0.2) is 5.82 Å². The maximum Gasteiger partial charge on any atom is 0.159 e. The molecule has 0 spiro atoms. The highest BCUT2D eigenvalue weighted by molar-refractivity contribution is 6.19. The van der Waals surface area contributed by atoms with Crippen LogP contribution in [0.25, 0.3) is 83.4 Å². The number of benzene rings is 8. The quantitative estimate of drug-likeness (QED) is 0.161. The van der Waals surface area contributed by atoms with Crippen LogP contribution in [0.2, 0.25) is 0 Å². The van der Waals surface area contributed by atoms with Crippen molar-refractivity contribution in [2.75, 3.05) is 0 Å². The van der Waals surface area contributed by atoms with Gasteiger partial charge in [-0.15, -0.1) is 0 Å². The number of aromatic nitrogens is 3. The van der Waals surface area contributed by atoms with Crippen LogP contribution in [0.15, 0.2) is 194 Å². The first kappa shape index (κ1) is 35.6. The normalized spacial score (nSPS) is 14.5.